The van der Waals surface area contributed by atoms with E-state index in [0.717, 1.165) is 17.7 Å². The zero-order chi connectivity index (χ0) is 17.3. The Balaban J connectivity index is 1.88. The Hall–Kier alpha value is -2.27. The van der Waals surface area contributed by atoms with Crippen molar-refractivity contribution in [3.05, 3.63) is 52.8 Å². The molecule has 2 aromatic carbocycles. The van der Waals surface area contributed by atoms with Crippen LogP contribution in [0, 0.1) is 12.7 Å². The summed E-state index contributed by atoms with van der Waals surface area (Å²) in [7, 11) is 0. The number of hydrogen-bond acceptors (Lipinski definition) is 2. The molecular weight excluding hydrogens is 331 g/mol. The van der Waals surface area contributed by atoms with E-state index in [-0.39, 0.29) is 17.2 Å². The van der Waals surface area contributed by atoms with Crippen molar-refractivity contribution in [2.45, 2.75) is 26.4 Å². The molecular formula is C18H18ClFN2O2. The predicted molar refractivity (Wildman–Crippen MR) is 93.7 cm³/mol. The molecule has 0 radical (unpaired) electrons. The van der Waals surface area contributed by atoms with Crippen molar-refractivity contribution in [1.82, 2.24) is 0 Å². The first kappa shape index (κ1) is 16.6. The molecule has 2 aromatic rings. The quantitative estimate of drug-likeness (QED) is 0.830. The van der Waals surface area contributed by atoms with E-state index >= 15 is 0 Å². The summed E-state index contributed by atoms with van der Waals surface area (Å²) in [6, 6.07) is 9.54. The number of anilines is 2. The summed E-state index contributed by atoms with van der Waals surface area (Å²) in [6.45, 7) is 4.43. The van der Waals surface area contributed by atoms with Crippen LogP contribution >= 0.6 is 11.6 Å². The topological polar surface area (TPSA) is 41.6 Å². The van der Waals surface area contributed by atoms with Gasteiger partial charge in [0.25, 0.3) is 0 Å². The highest BCUT2D eigenvalue weighted by atomic mass is 35.5. The minimum Gasteiger partial charge on any atom is -0.486 e. The van der Waals surface area contributed by atoms with E-state index in [4.69, 9.17) is 16.3 Å². The van der Waals surface area contributed by atoms with Crippen molar-refractivity contribution in [3.63, 3.8) is 0 Å². The molecule has 0 bridgehead atoms. The van der Waals surface area contributed by atoms with Crippen molar-refractivity contribution < 1.29 is 13.9 Å². The van der Waals surface area contributed by atoms with Gasteiger partial charge in [-0.2, -0.15) is 0 Å². The fourth-order valence-corrected chi connectivity index (χ4v) is 2.81. The van der Waals surface area contributed by atoms with Gasteiger partial charge in [-0.05, 0) is 49.2 Å². The van der Waals surface area contributed by atoms with Gasteiger partial charge in [-0.25, -0.2) is 9.18 Å². The molecule has 3 rings (SSSR count). The number of carbonyl (C=O) groups excluding carboxylic acids is 1. The van der Waals surface area contributed by atoms with Gasteiger partial charge in [0, 0.05) is 5.69 Å². The van der Waals surface area contributed by atoms with Gasteiger partial charge in [0.1, 0.15) is 17.7 Å². The highest BCUT2D eigenvalue weighted by Crippen LogP contribution is 2.35. The van der Waals surface area contributed by atoms with Crippen LogP contribution in [-0.4, -0.2) is 18.7 Å². The summed E-state index contributed by atoms with van der Waals surface area (Å²) in [6.07, 6.45) is 0.724. The first-order valence-corrected chi connectivity index (χ1v) is 8.16. The van der Waals surface area contributed by atoms with Gasteiger partial charge in [-0.1, -0.05) is 24.6 Å². The lowest BCUT2D eigenvalue weighted by Crippen LogP contribution is -2.45. The maximum absolute atomic E-state index is 13.3. The zero-order valence-electron chi connectivity index (χ0n) is 13.5. The maximum atomic E-state index is 13.3. The minimum atomic E-state index is -0.520. The Morgan fingerprint density at radius 3 is 2.88 bits per heavy atom. The number of nitrogens with zero attached hydrogens (tertiary/aromatic N) is 1. The monoisotopic (exact) mass is 348 g/mol. The molecule has 126 valence electrons. The number of rotatable bonds is 2. The van der Waals surface area contributed by atoms with E-state index < -0.39 is 5.82 Å². The number of benzene rings is 2. The van der Waals surface area contributed by atoms with E-state index in [1.807, 2.05) is 32.0 Å². The first-order chi connectivity index (χ1) is 11.5. The van der Waals surface area contributed by atoms with E-state index in [1.165, 1.54) is 18.2 Å². The molecule has 0 saturated carbocycles. The molecule has 1 atom stereocenters. The van der Waals surface area contributed by atoms with Crippen LogP contribution in [0.25, 0.3) is 0 Å². The fourth-order valence-electron chi connectivity index (χ4n) is 2.63. The van der Waals surface area contributed by atoms with Crippen molar-refractivity contribution in [1.29, 1.82) is 0 Å². The molecule has 1 unspecified atom stereocenters. The predicted octanol–water partition coefficient (Wildman–Crippen LogP) is 5.00. The second-order valence-electron chi connectivity index (χ2n) is 5.79. The van der Waals surface area contributed by atoms with Gasteiger partial charge in [0.2, 0.25) is 0 Å². The fraction of sp³-hybridized carbons (Fsp3) is 0.278. The highest BCUT2D eigenvalue weighted by molar-refractivity contribution is 6.31. The van der Waals surface area contributed by atoms with Crippen LogP contribution in [0.1, 0.15) is 18.9 Å². The lowest BCUT2D eigenvalue weighted by atomic mass is 10.1. The Morgan fingerprint density at radius 1 is 1.38 bits per heavy atom. The van der Waals surface area contributed by atoms with Gasteiger partial charge in [-0.3, -0.25) is 4.90 Å². The average Bonchev–Trinajstić information content (AvgIpc) is 2.57. The number of hydrogen-bond donors (Lipinski definition) is 1. The van der Waals surface area contributed by atoms with E-state index in [9.17, 15) is 9.18 Å². The molecule has 0 saturated heterocycles. The van der Waals surface area contributed by atoms with Crippen LogP contribution < -0.4 is 15.0 Å². The van der Waals surface area contributed by atoms with Gasteiger partial charge in [-0.15, -0.1) is 0 Å². The summed E-state index contributed by atoms with van der Waals surface area (Å²) >= 11 is 5.77. The number of aryl methyl sites for hydroxylation is 1. The molecule has 1 aliphatic heterocycles. The standard InChI is InChI=1S/C18H18ClFN2O2/c1-3-13-10-22(16-8-11(2)4-7-17(16)24-13)18(23)21-12-5-6-15(20)14(19)9-12/h4-9,13H,3,10H2,1-2H3,(H,21,23). The molecule has 24 heavy (non-hydrogen) atoms. The van der Waals surface area contributed by atoms with Crippen molar-refractivity contribution in [3.8, 4) is 5.75 Å². The van der Waals surface area contributed by atoms with Crippen LogP contribution in [0.4, 0.5) is 20.6 Å². The number of halogens is 2. The summed E-state index contributed by atoms with van der Waals surface area (Å²) in [5.74, 6) is 0.166. The lowest BCUT2D eigenvalue weighted by molar-refractivity contribution is 0.188. The number of nitrogens with one attached hydrogen (secondary N) is 1. The molecule has 1 heterocycles. The summed E-state index contributed by atoms with van der Waals surface area (Å²) in [4.78, 5) is 14.4. The third-order valence-corrected chi connectivity index (χ3v) is 4.25. The molecule has 0 aliphatic carbocycles. The number of amides is 2. The molecule has 6 heteroatoms. The van der Waals surface area contributed by atoms with Crippen LogP contribution in [0.2, 0.25) is 5.02 Å². The summed E-state index contributed by atoms with van der Waals surface area (Å²) < 4.78 is 19.2. The van der Waals surface area contributed by atoms with Gasteiger partial charge in [0.05, 0.1) is 17.3 Å². The number of urea groups is 1. The van der Waals surface area contributed by atoms with E-state index in [2.05, 4.69) is 5.32 Å². The van der Waals surface area contributed by atoms with Gasteiger partial charge >= 0.3 is 6.03 Å². The molecule has 1 aliphatic rings. The SMILES string of the molecule is CCC1CN(C(=O)Nc2ccc(F)c(Cl)c2)c2cc(C)ccc2O1. The normalized spacial score (nSPS) is 16.3. The third kappa shape index (κ3) is 3.31. The lowest BCUT2D eigenvalue weighted by Gasteiger charge is -2.34. The molecule has 4 nitrogen and oxygen atoms in total. The minimum absolute atomic E-state index is 0.0301. The van der Waals surface area contributed by atoms with Gasteiger partial charge < -0.3 is 10.1 Å². The second kappa shape index (κ2) is 6.69. The van der Waals surface area contributed by atoms with Crippen molar-refractivity contribution in [2.75, 3.05) is 16.8 Å². The Morgan fingerprint density at radius 2 is 2.17 bits per heavy atom. The average molecular weight is 349 g/mol. The maximum Gasteiger partial charge on any atom is 0.326 e. The largest absolute Gasteiger partial charge is 0.486 e. The van der Waals surface area contributed by atoms with Crippen molar-refractivity contribution >= 4 is 29.0 Å². The molecule has 2 amide bonds. The van der Waals surface area contributed by atoms with Gasteiger partial charge in [0.15, 0.2) is 0 Å². The van der Waals surface area contributed by atoms with Crippen LogP contribution in [0.5, 0.6) is 5.75 Å². The third-order valence-electron chi connectivity index (χ3n) is 3.96. The first-order valence-electron chi connectivity index (χ1n) is 7.79. The highest BCUT2D eigenvalue weighted by Gasteiger charge is 2.29. The van der Waals surface area contributed by atoms with Crippen LogP contribution in [0.15, 0.2) is 36.4 Å². The zero-order valence-corrected chi connectivity index (χ0v) is 14.2. The Labute approximate surface area is 145 Å². The number of carbonyl (C=O) groups is 1. The van der Waals surface area contributed by atoms with E-state index in [1.54, 1.807) is 4.90 Å². The second-order valence-corrected chi connectivity index (χ2v) is 6.20. The molecule has 1 N–H and O–H groups in total. The van der Waals surface area contributed by atoms with Crippen molar-refractivity contribution in [2.24, 2.45) is 0 Å². The number of ether oxygens (including phenoxy) is 1. The number of fused-ring (bicyclic) bond motifs is 1. The van der Waals surface area contributed by atoms with Crippen LogP contribution in [0.3, 0.4) is 0 Å². The van der Waals surface area contributed by atoms with Crippen LogP contribution in [-0.2, 0) is 0 Å². The van der Waals surface area contributed by atoms with E-state index in [0.29, 0.717) is 18.0 Å². The Bertz CT molecular complexity index is 782. The summed E-state index contributed by atoms with van der Waals surface area (Å²) in [5.41, 5.74) is 2.21. The molecule has 0 spiro atoms. The smallest absolute Gasteiger partial charge is 0.326 e. The molecule has 0 aromatic heterocycles. The molecule has 0 fully saturated rings. The summed E-state index contributed by atoms with van der Waals surface area (Å²) in [5, 5.41) is 2.73. The Kier molecular flexibility index (Phi) is 4.62.